The first kappa shape index (κ1) is 22.3. The molecular formula is C23H20N6O6. The number of amides is 1. The van der Waals surface area contributed by atoms with Crippen molar-refractivity contribution in [1.29, 1.82) is 5.26 Å². The maximum atomic E-state index is 12.3. The van der Waals surface area contributed by atoms with Crippen molar-refractivity contribution in [2.75, 3.05) is 25.0 Å². The fourth-order valence-electron chi connectivity index (χ4n) is 4.37. The lowest BCUT2D eigenvalue weighted by Gasteiger charge is -2.19. The van der Waals surface area contributed by atoms with Crippen LogP contribution in [0.3, 0.4) is 0 Å². The number of rotatable bonds is 8. The Balaban J connectivity index is 1.21. The number of nitrogens with zero attached hydrogens (tertiary/aromatic N) is 4. The highest BCUT2D eigenvalue weighted by Crippen LogP contribution is 2.39. The van der Waals surface area contributed by atoms with Gasteiger partial charge >= 0.3 is 5.76 Å². The summed E-state index contributed by atoms with van der Waals surface area (Å²) in [5, 5.41) is 19.4. The van der Waals surface area contributed by atoms with Gasteiger partial charge in [0.05, 0.1) is 11.6 Å². The van der Waals surface area contributed by atoms with Crippen LogP contribution in [0, 0.1) is 17.2 Å². The molecule has 3 heterocycles. The van der Waals surface area contributed by atoms with Gasteiger partial charge in [-0.05, 0) is 35.7 Å². The molecule has 2 N–H and O–H groups in total. The number of carbonyl (C=O) groups excluding carboxylic acids is 2. The largest absolute Gasteiger partial charge is 0.480 e. The molecule has 5 rings (SSSR count). The fourth-order valence-corrected chi connectivity index (χ4v) is 4.37. The molecule has 1 aliphatic carbocycles. The van der Waals surface area contributed by atoms with Gasteiger partial charge in [-0.3, -0.25) is 9.59 Å². The van der Waals surface area contributed by atoms with Gasteiger partial charge in [0.15, 0.2) is 24.0 Å². The Morgan fingerprint density at radius 3 is 3.03 bits per heavy atom. The van der Waals surface area contributed by atoms with Crippen LogP contribution in [0.25, 0.3) is 5.82 Å². The Labute approximate surface area is 198 Å². The number of carbonyl (C=O) groups is 2. The molecule has 2 unspecified atom stereocenters. The number of fused-ring (bicyclic) bond motifs is 2. The van der Waals surface area contributed by atoms with Gasteiger partial charge in [-0.25, -0.2) is 9.78 Å². The van der Waals surface area contributed by atoms with Gasteiger partial charge in [0, 0.05) is 25.4 Å². The molecule has 0 bridgehead atoms. The molecule has 12 heteroatoms. The number of ether oxygens (including phenoxy) is 2. The molecule has 0 fully saturated rings. The van der Waals surface area contributed by atoms with Crippen LogP contribution in [0.5, 0.6) is 5.75 Å². The topological polar surface area (TPSA) is 161 Å². The quantitative estimate of drug-likeness (QED) is 0.349. The van der Waals surface area contributed by atoms with E-state index in [-0.39, 0.29) is 36.0 Å². The van der Waals surface area contributed by atoms with E-state index in [9.17, 15) is 19.6 Å². The van der Waals surface area contributed by atoms with E-state index in [2.05, 4.69) is 26.8 Å². The first-order valence-electron chi connectivity index (χ1n) is 10.9. The summed E-state index contributed by atoms with van der Waals surface area (Å²) in [7, 11) is 0. The van der Waals surface area contributed by atoms with Crippen LogP contribution < -0.4 is 21.1 Å². The Morgan fingerprint density at radius 2 is 2.20 bits per heavy atom. The Hall–Kier alpha value is -4.50. The smallest absolute Gasteiger partial charge is 0.443 e. The van der Waals surface area contributed by atoms with Gasteiger partial charge in [-0.2, -0.15) is 5.26 Å². The molecule has 178 valence electrons. The summed E-state index contributed by atoms with van der Waals surface area (Å²) >= 11 is 0. The average Bonchev–Trinajstić information content (AvgIpc) is 3.41. The standard InChI is InChI=1S/C23H20N6O6/c24-9-13-2-1-3-15-16(13)8-14(21(15)34-12-30)10-25-7-6-20-28-29(23(32)35-20)18-5-4-17-22(26-18)27-19(31)11-33-17/h1-5,12,14,21,25H,6-8,10-11H2,(H,26,27,31). The Bertz CT molecular complexity index is 1390. The average molecular weight is 476 g/mol. The second kappa shape index (κ2) is 9.40. The molecule has 0 radical (unpaired) electrons. The second-order valence-electron chi connectivity index (χ2n) is 8.08. The predicted molar refractivity (Wildman–Crippen MR) is 119 cm³/mol. The van der Waals surface area contributed by atoms with Gasteiger partial charge in [0.1, 0.15) is 6.10 Å². The summed E-state index contributed by atoms with van der Waals surface area (Å²) in [5.41, 5.74) is 2.34. The van der Waals surface area contributed by atoms with Gasteiger partial charge in [-0.15, -0.1) is 9.78 Å². The van der Waals surface area contributed by atoms with Crippen molar-refractivity contribution in [2.45, 2.75) is 18.9 Å². The zero-order valence-corrected chi connectivity index (χ0v) is 18.4. The first-order valence-corrected chi connectivity index (χ1v) is 10.9. The van der Waals surface area contributed by atoms with Crippen molar-refractivity contribution in [3.8, 4) is 17.6 Å². The summed E-state index contributed by atoms with van der Waals surface area (Å²) in [5.74, 6) is -0.0610. The zero-order chi connectivity index (χ0) is 24.4. The highest BCUT2D eigenvalue weighted by atomic mass is 16.5. The number of hydrogen-bond acceptors (Lipinski definition) is 10. The molecule has 1 amide bonds. The number of nitriles is 1. The molecule has 0 saturated heterocycles. The van der Waals surface area contributed by atoms with Crippen molar-refractivity contribution >= 4 is 18.2 Å². The normalized spacial score (nSPS) is 18.1. The highest BCUT2D eigenvalue weighted by molar-refractivity contribution is 5.94. The van der Waals surface area contributed by atoms with Crippen molar-refractivity contribution in [1.82, 2.24) is 20.1 Å². The third-order valence-electron chi connectivity index (χ3n) is 5.92. The van der Waals surface area contributed by atoms with Crippen LogP contribution in [0.1, 0.15) is 28.7 Å². The van der Waals surface area contributed by atoms with Crippen molar-refractivity contribution in [3.05, 3.63) is 63.5 Å². The molecule has 2 aromatic heterocycles. The van der Waals surface area contributed by atoms with Crippen molar-refractivity contribution in [2.24, 2.45) is 5.92 Å². The third-order valence-corrected chi connectivity index (χ3v) is 5.92. The van der Waals surface area contributed by atoms with Crippen LogP contribution in [0.15, 0.2) is 39.5 Å². The van der Waals surface area contributed by atoms with Crippen LogP contribution in [0.2, 0.25) is 0 Å². The lowest BCUT2D eigenvalue weighted by molar-refractivity contribution is -0.136. The van der Waals surface area contributed by atoms with Crippen LogP contribution in [0.4, 0.5) is 5.82 Å². The minimum atomic E-state index is -0.703. The Morgan fingerprint density at radius 1 is 1.31 bits per heavy atom. The van der Waals surface area contributed by atoms with Crippen molar-refractivity contribution in [3.63, 3.8) is 0 Å². The number of hydrogen-bond donors (Lipinski definition) is 2. The third kappa shape index (κ3) is 4.36. The summed E-state index contributed by atoms with van der Waals surface area (Å²) in [6, 6.07) is 10.7. The predicted octanol–water partition coefficient (Wildman–Crippen LogP) is 0.642. The number of anilines is 1. The van der Waals surface area contributed by atoms with Crippen LogP contribution in [-0.2, 0) is 27.2 Å². The monoisotopic (exact) mass is 476 g/mol. The maximum absolute atomic E-state index is 12.3. The summed E-state index contributed by atoms with van der Waals surface area (Å²) in [6.07, 6.45) is 0.508. The molecule has 0 saturated carbocycles. The summed E-state index contributed by atoms with van der Waals surface area (Å²) in [4.78, 5) is 39.1. The lowest BCUT2D eigenvalue weighted by Crippen LogP contribution is -2.28. The lowest BCUT2D eigenvalue weighted by atomic mass is 10.0. The highest BCUT2D eigenvalue weighted by Gasteiger charge is 2.35. The fraction of sp³-hybridized carbons (Fsp3) is 0.304. The summed E-state index contributed by atoms with van der Waals surface area (Å²) in [6.45, 7) is 1.31. The van der Waals surface area contributed by atoms with Crippen molar-refractivity contribution < 1.29 is 23.5 Å². The van der Waals surface area contributed by atoms with Gasteiger partial charge < -0.3 is 24.5 Å². The second-order valence-corrected chi connectivity index (χ2v) is 8.08. The van der Waals surface area contributed by atoms with Crippen LogP contribution in [-0.4, -0.2) is 46.8 Å². The van der Waals surface area contributed by atoms with E-state index in [1.807, 2.05) is 6.07 Å². The number of aromatic nitrogens is 3. The minimum Gasteiger partial charge on any atom is -0.480 e. The van der Waals surface area contributed by atoms with Gasteiger partial charge in [0.2, 0.25) is 5.89 Å². The van der Waals surface area contributed by atoms with Gasteiger partial charge in [0.25, 0.3) is 12.4 Å². The molecule has 2 aliphatic rings. The molecule has 0 spiro atoms. The van der Waals surface area contributed by atoms with E-state index in [0.717, 1.165) is 15.8 Å². The van der Waals surface area contributed by atoms with E-state index in [0.29, 0.717) is 43.7 Å². The SMILES string of the molecule is N#Cc1cccc2c1CC(CNCCc1nn(-c3ccc4c(n3)NC(=O)CO4)c(=O)o1)C2OC=O. The number of pyridine rings is 1. The number of benzene rings is 1. The molecule has 2 atom stereocenters. The van der Waals surface area contributed by atoms with E-state index in [1.54, 1.807) is 24.3 Å². The molecule has 12 nitrogen and oxygen atoms in total. The Kier molecular flexibility index (Phi) is 5.99. The first-order chi connectivity index (χ1) is 17.1. The number of nitrogens with one attached hydrogen (secondary N) is 2. The van der Waals surface area contributed by atoms with E-state index in [4.69, 9.17) is 13.9 Å². The van der Waals surface area contributed by atoms with E-state index in [1.165, 1.54) is 0 Å². The maximum Gasteiger partial charge on any atom is 0.443 e. The molecular weight excluding hydrogens is 456 g/mol. The van der Waals surface area contributed by atoms with Gasteiger partial charge in [-0.1, -0.05) is 12.1 Å². The summed E-state index contributed by atoms with van der Waals surface area (Å²) < 4.78 is 16.8. The molecule has 1 aliphatic heterocycles. The van der Waals surface area contributed by atoms with E-state index < -0.39 is 11.9 Å². The minimum absolute atomic E-state index is 0.0357. The van der Waals surface area contributed by atoms with Crippen LogP contribution >= 0.6 is 0 Å². The molecule has 1 aromatic carbocycles. The zero-order valence-electron chi connectivity index (χ0n) is 18.4. The van der Waals surface area contributed by atoms with E-state index >= 15 is 0 Å². The molecule has 35 heavy (non-hydrogen) atoms. The molecule has 3 aromatic rings.